The highest BCUT2D eigenvalue weighted by Crippen LogP contribution is 2.23. The van der Waals surface area contributed by atoms with Gasteiger partial charge < -0.3 is 20.5 Å². The molecule has 1 aliphatic carbocycles. The van der Waals surface area contributed by atoms with Crippen molar-refractivity contribution >= 4 is 34.1 Å². The summed E-state index contributed by atoms with van der Waals surface area (Å²) in [6.45, 7) is 2.88. The molecule has 3 aromatic rings. The van der Waals surface area contributed by atoms with Crippen molar-refractivity contribution in [3.05, 3.63) is 64.8 Å². The van der Waals surface area contributed by atoms with Crippen molar-refractivity contribution in [1.82, 2.24) is 15.6 Å². The minimum atomic E-state index is 0.0607. The first kappa shape index (κ1) is 21.4. The number of nitrogens with one attached hydrogen (secondary N) is 3. The number of aromatic nitrogens is 1. The summed E-state index contributed by atoms with van der Waals surface area (Å²) in [4.78, 5) is 18.3. The molecule has 1 amide bonds. The van der Waals surface area contributed by atoms with E-state index in [1.807, 2.05) is 30.3 Å². The molecule has 2 aliphatic rings. The number of hydrogen-bond donors (Lipinski definition) is 3. The third-order valence-corrected chi connectivity index (χ3v) is 7.13. The SMILES string of the molecule is O=C(NC1CCCC1)c1ccc(N2CCC(NCc3cc4cc(Cl)ccc4[nH]3)CC2)cc1. The minimum Gasteiger partial charge on any atom is -0.371 e. The monoisotopic (exact) mass is 450 g/mol. The van der Waals surface area contributed by atoms with Gasteiger partial charge in [0.1, 0.15) is 0 Å². The highest BCUT2D eigenvalue weighted by Gasteiger charge is 2.21. The second-order valence-electron chi connectivity index (χ2n) is 9.17. The van der Waals surface area contributed by atoms with Gasteiger partial charge in [0, 0.05) is 64.6 Å². The Morgan fingerprint density at radius 1 is 0.969 bits per heavy atom. The first-order valence-corrected chi connectivity index (χ1v) is 12.2. The normalized spacial score (nSPS) is 17.8. The maximum absolute atomic E-state index is 12.5. The molecular weight excluding hydrogens is 420 g/mol. The van der Waals surface area contributed by atoms with Crippen molar-refractivity contribution in [3.63, 3.8) is 0 Å². The largest absolute Gasteiger partial charge is 0.371 e. The number of anilines is 1. The maximum atomic E-state index is 12.5. The van der Waals surface area contributed by atoms with Crippen LogP contribution in [-0.2, 0) is 6.54 Å². The van der Waals surface area contributed by atoms with E-state index in [4.69, 9.17) is 11.6 Å². The Morgan fingerprint density at radius 3 is 2.47 bits per heavy atom. The van der Waals surface area contributed by atoms with Crippen LogP contribution < -0.4 is 15.5 Å². The van der Waals surface area contributed by atoms with Crippen LogP contribution in [0.3, 0.4) is 0 Å². The molecule has 168 valence electrons. The molecule has 5 rings (SSSR count). The number of amides is 1. The Morgan fingerprint density at radius 2 is 1.72 bits per heavy atom. The molecule has 0 atom stereocenters. The van der Waals surface area contributed by atoms with Gasteiger partial charge in [-0.15, -0.1) is 0 Å². The number of aromatic amines is 1. The minimum absolute atomic E-state index is 0.0607. The molecule has 2 heterocycles. The van der Waals surface area contributed by atoms with E-state index in [1.165, 1.54) is 24.2 Å². The van der Waals surface area contributed by atoms with Crippen LogP contribution in [0.5, 0.6) is 0 Å². The summed E-state index contributed by atoms with van der Waals surface area (Å²) >= 11 is 6.10. The predicted octanol–water partition coefficient (Wildman–Crippen LogP) is 5.25. The lowest BCUT2D eigenvalue weighted by Crippen LogP contribution is -2.42. The summed E-state index contributed by atoms with van der Waals surface area (Å²) < 4.78 is 0. The fourth-order valence-electron chi connectivity index (χ4n) is 5.02. The van der Waals surface area contributed by atoms with Crippen LogP contribution in [0.4, 0.5) is 5.69 Å². The highest BCUT2D eigenvalue weighted by molar-refractivity contribution is 6.31. The molecule has 1 aliphatic heterocycles. The van der Waals surface area contributed by atoms with Gasteiger partial charge in [-0.1, -0.05) is 24.4 Å². The summed E-state index contributed by atoms with van der Waals surface area (Å²) in [7, 11) is 0. The van der Waals surface area contributed by atoms with E-state index in [0.29, 0.717) is 12.1 Å². The molecule has 2 fully saturated rings. The van der Waals surface area contributed by atoms with Gasteiger partial charge in [0.15, 0.2) is 0 Å². The Hall–Kier alpha value is -2.50. The Labute approximate surface area is 194 Å². The molecule has 1 aromatic heterocycles. The number of halogens is 1. The fraction of sp³-hybridized carbons (Fsp3) is 0.423. The van der Waals surface area contributed by atoms with Gasteiger partial charge >= 0.3 is 0 Å². The lowest BCUT2D eigenvalue weighted by atomic mass is 10.0. The molecular formula is C26H31ClN4O. The van der Waals surface area contributed by atoms with Crippen molar-refractivity contribution < 1.29 is 4.79 Å². The molecule has 0 bridgehead atoms. The maximum Gasteiger partial charge on any atom is 0.251 e. The molecule has 0 radical (unpaired) electrons. The van der Waals surface area contributed by atoms with Crippen molar-refractivity contribution in [1.29, 1.82) is 0 Å². The number of rotatable bonds is 6. The number of carbonyl (C=O) groups is 1. The van der Waals surface area contributed by atoms with Gasteiger partial charge in [-0.05, 0) is 74.2 Å². The average molecular weight is 451 g/mol. The molecule has 1 saturated heterocycles. The van der Waals surface area contributed by atoms with Gasteiger partial charge in [-0.2, -0.15) is 0 Å². The van der Waals surface area contributed by atoms with Gasteiger partial charge in [-0.25, -0.2) is 0 Å². The standard InChI is InChI=1S/C26H31ClN4O/c27-20-7-10-25-19(15-20)16-23(29-25)17-28-21-11-13-31(14-12-21)24-8-5-18(6-9-24)26(32)30-22-3-1-2-4-22/h5-10,15-16,21-22,28-29H,1-4,11-14,17H2,(H,30,32). The van der Waals surface area contributed by atoms with Crippen molar-refractivity contribution in [3.8, 4) is 0 Å². The summed E-state index contributed by atoms with van der Waals surface area (Å²) in [6, 6.07) is 17.1. The van der Waals surface area contributed by atoms with Crippen LogP contribution in [0.25, 0.3) is 10.9 Å². The molecule has 32 heavy (non-hydrogen) atoms. The van der Waals surface area contributed by atoms with Crippen molar-refractivity contribution in [2.75, 3.05) is 18.0 Å². The molecule has 0 spiro atoms. The van der Waals surface area contributed by atoms with Gasteiger partial charge in [0.05, 0.1) is 0 Å². The van der Waals surface area contributed by atoms with Gasteiger partial charge in [-0.3, -0.25) is 4.79 Å². The van der Waals surface area contributed by atoms with E-state index in [9.17, 15) is 4.79 Å². The van der Waals surface area contributed by atoms with Crippen LogP contribution in [-0.4, -0.2) is 36.1 Å². The van der Waals surface area contributed by atoms with E-state index in [1.54, 1.807) is 0 Å². The van der Waals surface area contributed by atoms with Crippen LogP contribution in [0.15, 0.2) is 48.5 Å². The van der Waals surface area contributed by atoms with Gasteiger partial charge in [0.25, 0.3) is 5.91 Å². The lowest BCUT2D eigenvalue weighted by molar-refractivity contribution is 0.0938. The highest BCUT2D eigenvalue weighted by atomic mass is 35.5. The first-order valence-electron chi connectivity index (χ1n) is 11.8. The molecule has 3 N–H and O–H groups in total. The topological polar surface area (TPSA) is 60.2 Å². The number of benzene rings is 2. The fourth-order valence-corrected chi connectivity index (χ4v) is 5.20. The number of hydrogen-bond acceptors (Lipinski definition) is 3. The second kappa shape index (κ2) is 9.55. The van der Waals surface area contributed by atoms with E-state index < -0.39 is 0 Å². The smallest absolute Gasteiger partial charge is 0.251 e. The van der Waals surface area contributed by atoms with E-state index >= 15 is 0 Å². The Bertz CT molecular complexity index is 1060. The van der Waals surface area contributed by atoms with Crippen LogP contribution in [0, 0.1) is 0 Å². The average Bonchev–Trinajstić information content (AvgIpc) is 3.47. The quantitative estimate of drug-likeness (QED) is 0.480. The van der Waals surface area contributed by atoms with E-state index in [2.05, 4.69) is 38.7 Å². The van der Waals surface area contributed by atoms with Gasteiger partial charge in [0.2, 0.25) is 0 Å². The number of piperidine rings is 1. The van der Waals surface area contributed by atoms with Crippen LogP contribution in [0.1, 0.15) is 54.6 Å². The van der Waals surface area contributed by atoms with Crippen LogP contribution in [0.2, 0.25) is 5.02 Å². The zero-order chi connectivity index (χ0) is 21.9. The number of nitrogens with zero attached hydrogens (tertiary/aromatic N) is 1. The Kier molecular flexibility index (Phi) is 6.37. The number of carbonyl (C=O) groups excluding carboxylic acids is 1. The molecule has 1 saturated carbocycles. The molecule has 2 aromatic carbocycles. The summed E-state index contributed by atoms with van der Waals surface area (Å²) in [6.07, 6.45) is 6.89. The first-order chi connectivity index (χ1) is 15.6. The molecule has 5 nitrogen and oxygen atoms in total. The number of fused-ring (bicyclic) bond motifs is 1. The second-order valence-corrected chi connectivity index (χ2v) is 9.61. The third kappa shape index (κ3) is 4.94. The third-order valence-electron chi connectivity index (χ3n) is 6.90. The Balaban J connectivity index is 1.10. The molecule has 6 heteroatoms. The van der Waals surface area contributed by atoms with E-state index in [-0.39, 0.29) is 5.91 Å². The zero-order valence-corrected chi connectivity index (χ0v) is 19.1. The summed E-state index contributed by atoms with van der Waals surface area (Å²) in [5.41, 5.74) is 4.28. The van der Waals surface area contributed by atoms with Crippen molar-refractivity contribution in [2.45, 2.75) is 57.2 Å². The summed E-state index contributed by atoms with van der Waals surface area (Å²) in [5.74, 6) is 0.0607. The van der Waals surface area contributed by atoms with E-state index in [0.717, 1.165) is 66.8 Å². The van der Waals surface area contributed by atoms with Crippen LogP contribution >= 0.6 is 11.6 Å². The number of H-pyrrole nitrogens is 1. The predicted molar refractivity (Wildman–Crippen MR) is 132 cm³/mol. The summed E-state index contributed by atoms with van der Waals surface area (Å²) in [5, 5.41) is 8.79. The zero-order valence-electron chi connectivity index (χ0n) is 18.4. The van der Waals surface area contributed by atoms with Crippen molar-refractivity contribution in [2.24, 2.45) is 0 Å². The molecule has 0 unspecified atom stereocenters. The lowest BCUT2D eigenvalue weighted by Gasteiger charge is -2.34.